The second-order valence-corrected chi connectivity index (χ2v) is 4.50. The van der Waals surface area contributed by atoms with E-state index >= 15 is 0 Å². The van der Waals surface area contributed by atoms with Crippen LogP contribution in [0.1, 0.15) is 54.7 Å². The van der Waals surface area contributed by atoms with Crippen LogP contribution in [0.3, 0.4) is 0 Å². The first kappa shape index (κ1) is 13.2. The van der Waals surface area contributed by atoms with Gasteiger partial charge in [-0.2, -0.15) is 0 Å². The largest absolute Gasteiger partial charge is 0.392 e. The highest BCUT2D eigenvalue weighted by atomic mass is 16.2. The van der Waals surface area contributed by atoms with Crippen LogP contribution in [0, 0.1) is 0 Å². The summed E-state index contributed by atoms with van der Waals surface area (Å²) in [7, 11) is 0. The summed E-state index contributed by atoms with van der Waals surface area (Å²) < 4.78 is 7.74. The van der Waals surface area contributed by atoms with Crippen molar-refractivity contribution in [2.24, 2.45) is 0 Å². The minimum Gasteiger partial charge on any atom is -0.392 e. The highest BCUT2D eigenvalue weighted by Crippen LogP contribution is 2.10. The molecule has 0 saturated heterocycles. The normalized spacial score (nSPS) is 13.7. The molecule has 16 heavy (non-hydrogen) atoms. The fourth-order valence-corrected chi connectivity index (χ4v) is 1.42. The van der Waals surface area contributed by atoms with Crippen molar-refractivity contribution < 1.29 is 6.48 Å². The highest BCUT2D eigenvalue weighted by Gasteiger charge is 1.91. The molecule has 1 nitrogen and oxygen atoms in total. The summed E-state index contributed by atoms with van der Waals surface area (Å²) in [5.74, 6) is 0. The Kier molecular flexibility index (Phi) is 7.79. The van der Waals surface area contributed by atoms with Crippen LogP contribution in [0.25, 0.3) is 0 Å². The first-order chi connectivity index (χ1) is 7.97. The van der Waals surface area contributed by atoms with E-state index in [4.69, 9.17) is 6.48 Å². The van der Waals surface area contributed by atoms with Gasteiger partial charge in [-0.1, -0.05) is 34.9 Å². The quantitative estimate of drug-likeness (QED) is 0.636. The molecule has 0 bridgehead atoms. The Morgan fingerprint density at radius 2 is 1.56 bits per heavy atom. The summed E-state index contributed by atoms with van der Waals surface area (Å²) in [5, 5.41) is 8.72. The Labute approximate surface area is 102 Å². The lowest BCUT2D eigenvalue weighted by atomic mass is 10.1. The molecule has 0 atom stereocenters. The molecular weight excluding hydrogens is 196 g/mol. The maximum atomic E-state index is 8.72. The molecule has 0 saturated carbocycles. The Bertz CT molecular complexity index is 307. The Balaban J connectivity index is 3.96. The van der Waals surface area contributed by atoms with E-state index in [1.165, 1.54) is 11.1 Å². The SMILES string of the molecule is [3H]C(CC/C(C)=C/CC/C(C)=C/CO)=C(C)C. The summed E-state index contributed by atoms with van der Waals surface area (Å²) in [4.78, 5) is 0. The molecule has 0 aromatic carbocycles. The molecule has 0 amide bonds. The maximum absolute atomic E-state index is 8.72. The number of hydrogen-bond donors (Lipinski definition) is 1. The smallest absolute Gasteiger partial charge is 0.0614 e. The molecule has 0 aromatic rings. The van der Waals surface area contributed by atoms with Crippen molar-refractivity contribution in [3.8, 4) is 0 Å². The summed E-state index contributed by atoms with van der Waals surface area (Å²) in [6.45, 7) is 8.29. The summed E-state index contributed by atoms with van der Waals surface area (Å²) in [5.41, 5.74) is 3.70. The van der Waals surface area contributed by atoms with Crippen molar-refractivity contribution in [2.45, 2.75) is 53.4 Å². The van der Waals surface area contributed by atoms with E-state index in [9.17, 15) is 0 Å². The van der Waals surface area contributed by atoms with Gasteiger partial charge in [-0.25, -0.2) is 0 Å². The van der Waals surface area contributed by atoms with Gasteiger partial charge >= 0.3 is 0 Å². The van der Waals surface area contributed by atoms with Gasteiger partial charge in [0.05, 0.1) is 7.98 Å². The summed E-state index contributed by atoms with van der Waals surface area (Å²) in [6.07, 6.45) is 7.95. The van der Waals surface area contributed by atoms with Crippen LogP contribution in [0.2, 0.25) is 0 Å². The van der Waals surface area contributed by atoms with Gasteiger partial charge in [0.2, 0.25) is 0 Å². The molecule has 0 aromatic heterocycles. The molecule has 0 aliphatic rings. The molecule has 0 fully saturated rings. The van der Waals surface area contributed by atoms with E-state index in [2.05, 4.69) is 13.0 Å². The lowest BCUT2D eigenvalue weighted by Crippen LogP contribution is -1.82. The molecule has 0 radical (unpaired) electrons. The van der Waals surface area contributed by atoms with Crippen molar-refractivity contribution in [2.75, 3.05) is 6.61 Å². The van der Waals surface area contributed by atoms with Gasteiger partial charge in [-0.3, -0.25) is 0 Å². The molecule has 0 heterocycles. The van der Waals surface area contributed by atoms with Crippen LogP contribution < -0.4 is 0 Å². The van der Waals surface area contributed by atoms with Crippen LogP contribution in [0.15, 0.2) is 34.9 Å². The Hall–Kier alpha value is -0.820. The third kappa shape index (κ3) is 9.72. The van der Waals surface area contributed by atoms with Crippen LogP contribution in [-0.2, 0) is 0 Å². The van der Waals surface area contributed by atoms with Crippen molar-refractivity contribution in [3.05, 3.63) is 34.9 Å². The summed E-state index contributed by atoms with van der Waals surface area (Å²) in [6, 6.07) is 0.758. The first-order valence-corrected chi connectivity index (χ1v) is 6.02. The molecule has 1 heteroatoms. The molecule has 0 aliphatic heterocycles. The van der Waals surface area contributed by atoms with Crippen LogP contribution in [0.5, 0.6) is 0 Å². The second-order valence-electron chi connectivity index (χ2n) is 4.50. The van der Waals surface area contributed by atoms with E-state index in [-0.39, 0.29) is 6.61 Å². The van der Waals surface area contributed by atoms with Crippen LogP contribution in [0.4, 0.5) is 0 Å². The lowest BCUT2D eigenvalue weighted by molar-refractivity contribution is 0.341. The third-order valence-electron chi connectivity index (χ3n) is 2.47. The highest BCUT2D eigenvalue weighted by molar-refractivity contribution is 5.05. The number of hydrogen-bond acceptors (Lipinski definition) is 1. The Morgan fingerprint density at radius 1 is 1.00 bits per heavy atom. The van der Waals surface area contributed by atoms with E-state index < -0.39 is 0 Å². The van der Waals surface area contributed by atoms with E-state index in [0.717, 1.165) is 37.3 Å². The van der Waals surface area contributed by atoms with E-state index in [1.807, 2.05) is 26.8 Å². The maximum Gasteiger partial charge on any atom is 0.0614 e. The van der Waals surface area contributed by atoms with Crippen molar-refractivity contribution >= 4 is 0 Å². The lowest BCUT2D eigenvalue weighted by Gasteiger charge is -2.00. The van der Waals surface area contributed by atoms with Crippen molar-refractivity contribution in [3.63, 3.8) is 0 Å². The predicted octanol–water partition coefficient (Wildman–Crippen LogP) is 4.40. The van der Waals surface area contributed by atoms with Gasteiger partial charge < -0.3 is 5.11 Å². The van der Waals surface area contributed by atoms with Crippen LogP contribution in [-0.4, -0.2) is 11.7 Å². The van der Waals surface area contributed by atoms with Crippen LogP contribution >= 0.6 is 0 Å². The van der Waals surface area contributed by atoms with Gasteiger partial charge in [0.25, 0.3) is 0 Å². The van der Waals surface area contributed by atoms with Gasteiger partial charge in [-0.05, 0) is 53.4 Å². The zero-order valence-electron chi connectivity index (χ0n) is 12.1. The van der Waals surface area contributed by atoms with Gasteiger partial charge in [0, 0.05) is 0 Å². The van der Waals surface area contributed by atoms with Gasteiger partial charge in [0.15, 0.2) is 0 Å². The Morgan fingerprint density at radius 3 is 2.12 bits per heavy atom. The van der Waals surface area contributed by atoms with E-state index in [1.54, 1.807) is 0 Å². The fourth-order valence-electron chi connectivity index (χ4n) is 1.42. The minimum atomic E-state index is 0.136. The zero-order chi connectivity index (χ0) is 13.3. The van der Waals surface area contributed by atoms with Crippen molar-refractivity contribution in [1.29, 1.82) is 0 Å². The number of allylic oxidation sites excluding steroid dienone is 5. The predicted molar refractivity (Wildman–Crippen MR) is 72.5 cm³/mol. The molecule has 0 unspecified atom stereocenters. The first-order valence-electron chi connectivity index (χ1n) is 6.52. The van der Waals surface area contributed by atoms with Crippen molar-refractivity contribution in [1.82, 2.24) is 0 Å². The molecule has 0 rings (SSSR count). The molecule has 0 spiro atoms. The molecule has 0 aliphatic carbocycles. The number of rotatable bonds is 7. The number of aliphatic hydroxyl groups is 1. The molecule has 92 valence electrons. The summed E-state index contributed by atoms with van der Waals surface area (Å²) >= 11 is 0. The third-order valence-corrected chi connectivity index (χ3v) is 2.47. The van der Waals surface area contributed by atoms with Gasteiger partial charge in [0.1, 0.15) is 0 Å². The van der Waals surface area contributed by atoms with Gasteiger partial charge in [-0.15, -0.1) is 0 Å². The van der Waals surface area contributed by atoms with E-state index in [0.29, 0.717) is 0 Å². The molecule has 1 N–H and O–H groups in total. The second kappa shape index (κ2) is 9.41. The topological polar surface area (TPSA) is 20.2 Å². The standard InChI is InChI=1S/C15H26O/c1-13(2)7-5-8-14(3)9-6-10-15(4)11-12-16/h7,9,11,16H,5-6,8,10,12H2,1-4H3/b14-9+,15-11+/i7T. The fraction of sp³-hybridized carbons (Fsp3) is 0.600. The average molecular weight is 224 g/mol. The monoisotopic (exact) mass is 224 g/mol. The number of aliphatic hydroxyl groups excluding tert-OH is 1. The molecular formula is C15H26O. The minimum absolute atomic E-state index is 0.136. The zero-order valence-corrected chi connectivity index (χ0v) is 11.1. The average Bonchev–Trinajstić information content (AvgIpc) is 2.26.